The Hall–Kier alpha value is -2.37. The fraction of sp³-hybridized carbons (Fsp3) is 0.471. The van der Waals surface area contributed by atoms with Crippen LogP contribution in [-0.4, -0.2) is 39.5 Å². The van der Waals surface area contributed by atoms with Crippen molar-refractivity contribution in [3.63, 3.8) is 0 Å². The summed E-state index contributed by atoms with van der Waals surface area (Å²) in [5.41, 5.74) is 4.68. The average Bonchev–Trinajstić information content (AvgIpc) is 3.37. The van der Waals surface area contributed by atoms with Crippen LogP contribution in [0.2, 0.25) is 0 Å². The number of fused-ring (bicyclic) bond motifs is 1. The monoisotopic (exact) mass is 312 g/mol. The van der Waals surface area contributed by atoms with Gasteiger partial charge in [-0.1, -0.05) is 12.1 Å². The third-order valence-corrected chi connectivity index (χ3v) is 4.79. The molecule has 0 atom stereocenters. The number of hydrogen-bond acceptors (Lipinski definition) is 3. The largest absolute Gasteiger partial charge is 0.342 e. The summed E-state index contributed by atoms with van der Waals surface area (Å²) in [5, 5.41) is 0. The second kappa shape index (κ2) is 5.68. The topological polar surface area (TPSA) is 67.2 Å². The molecule has 2 heterocycles. The Bertz CT molecular complexity index is 742. The molecule has 120 valence electrons. The number of piperidine rings is 1. The molecule has 23 heavy (non-hydrogen) atoms. The number of nitrogens with one attached hydrogen (secondary N) is 1. The normalized spacial score (nSPS) is 19.0. The van der Waals surface area contributed by atoms with Gasteiger partial charge in [0.2, 0.25) is 11.8 Å². The van der Waals surface area contributed by atoms with Crippen molar-refractivity contribution in [3.05, 3.63) is 30.6 Å². The highest BCUT2D eigenvalue weighted by Crippen LogP contribution is 2.32. The average molecular weight is 312 g/mol. The van der Waals surface area contributed by atoms with Gasteiger partial charge in [0.05, 0.1) is 11.0 Å². The van der Waals surface area contributed by atoms with Crippen LogP contribution in [0.15, 0.2) is 30.6 Å². The number of benzene rings is 1. The fourth-order valence-electron chi connectivity index (χ4n) is 3.21. The molecule has 0 bridgehead atoms. The highest BCUT2D eigenvalue weighted by Gasteiger charge is 2.36. The smallest absolute Gasteiger partial charge is 0.242 e. The molecule has 1 aromatic carbocycles. The van der Waals surface area contributed by atoms with E-state index in [1.54, 1.807) is 11.0 Å². The van der Waals surface area contributed by atoms with Crippen molar-refractivity contribution in [3.8, 4) is 0 Å². The van der Waals surface area contributed by atoms with Gasteiger partial charge >= 0.3 is 0 Å². The first-order chi connectivity index (χ1) is 11.2. The molecule has 6 heteroatoms. The van der Waals surface area contributed by atoms with Crippen LogP contribution in [0.3, 0.4) is 0 Å². The van der Waals surface area contributed by atoms with Crippen LogP contribution in [0.4, 0.5) is 0 Å². The Morgan fingerprint density at radius 2 is 1.78 bits per heavy atom. The first-order valence-electron chi connectivity index (χ1n) is 8.24. The lowest BCUT2D eigenvalue weighted by atomic mass is 9.96. The molecule has 1 saturated carbocycles. The Kier molecular flexibility index (Phi) is 3.52. The SMILES string of the molecule is O=C(Nn1cnc2ccccc21)C1CCN(C(=O)C2CC2)CC1. The maximum Gasteiger partial charge on any atom is 0.242 e. The zero-order valence-corrected chi connectivity index (χ0v) is 12.9. The Balaban J connectivity index is 1.37. The van der Waals surface area contributed by atoms with Crippen LogP contribution in [0.25, 0.3) is 11.0 Å². The molecular formula is C17H20N4O2. The summed E-state index contributed by atoms with van der Waals surface area (Å²) in [7, 11) is 0. The molecule has 0 spiro atoms. The van der Waals surface area contributed by atoms with Crippen LogP contribution in [0.1, 0.15) is 25.7 Å². The van der Waals surface area contributed by atoms with E-state index in [1.807, 2.05) is 29.2 Å². The Morgan fingerprint density at radius 1 is 1.04 bits per heavy atom. The van der Waals surface area contributed by atoms with Gasteiger partial charge < -0.3 is 4.90 Å². The number of carbonyl (C=O) groups is 2. The molecular weight excluding hydrogens is 292 g/mol. The van der Waals surface area contributed by atoms with Crippen LogP contribution >= 0.6 is 0 Å². The van der Waals surface area contributed by atoms with E-state index < -0.39 is 0 Å². The molecule has 0 radical (unpaired) electrons. The molecule has 4 rings (SSSR count). The van der Waals surface area contributed by atoms with Crippen molar-refractivity contribution in [2.24, 2.45) is 11.8 Å². The number of carbonyl (C=O) groups excluding carboxylic acids is 2. The summed E-state index contributed by atoms with van der Waals surface area (Å²) in [4.78, 5) is 30.7. The van der Waals surface area contributed by atoms with E-state index in [0.29, 0.717) is 13.1 Å². The molecule has 1 aromatic heterocycles. The summed E-state index contributed by atoms with van der Waals surface area (Å²) in [6.45, 7) is 1.39. The number of rotatable bonds is 3. The molecule has 1 aliphatic heterocycles. The molecule has 2 aromatic rings. The van der Waals surface area contributed by atoms with E-state index in [-0.39, 0.29) is 23.7 Å². The van der Waals surface area contributed by atoms with Gasteiger partial charge in [0.15, 0.2) is 0 Å². The predicted molar refractivity (Wildman–Crippen MR) is 86.1 cm³/mol. The van der Waals surface area contributed by atoms with Gasteiger partial charge in [0.25, 0.3) is 0 Å². The van der Waals surface area contributed by atoms with Gasteiger partial charge in [0, 0.05) is 24.9 Å². The van der Waals surface area contributed by atoms with E-state index in [0.717, 1.165) is 36.7 Å². The lowest BCUT2D eigenvalue weighted by Gasteiger charge is -2.31. The van der Waals surface area contributed by atoms with Gasteiger partial charge in [0.1, 0.15) is 6.33 Å². The summed E-state index contributed by atoms with van der Waals surface area (Å²) in [6.07, 6.45) is 5.17. The lowest BCUT2D eigenvalue weighted by Crippen LogP contribution is -2.43. The second-order valence-electron chi connectivity index (χ2n) is 6.45. The van der Waals surface area contributed by atoms with Gasteiger partial charge in [-0.15, -0.1) is 0 Å². The second-order valence-corrected chi connectivity index (χ2v) is 6.45. The maximum absolute atomic E-state index is 12.5. The third-order valence-electron chi connectivity index (χ3n) is 4.79. The van der Waals surface area contributed by atoms with Crippen LogP contribution < -0.4 is 5.43 Å². The van der Waals surface area contributed by atoms with Gasteiger partial charge in [-0.05, 0) is 37.8 Å². The van der Waals surface area contributed by atoms with E-state index in [2.05, 4.69) is 10.4 Å². The zero-order valence-electron chi connectivity index (χ0n) is 12.9. The molecule has 1 saturated heterocycles. The molecule has 2 amide bonds. The van der Waals surface area contributed by atoms with E-state index >= 15 is 0 Å². The quantitative estimate of drug-likeness (QED) is 0.939. The molecule has 6 nitrogen and oxygen atoms in total. The van der Waals surface area contributed by atoms with Crippen molar-refractivity contribution in [1.29, 1.82) is 0 Å². The fourth-order valence-corrected chi connectivity index (χ4v) is 3.21. The first kappa shape index (κ1) is 14.2. The molecule has 0 unspecified atom stereocenters. The highest BCUT2D eigenvalue weighted by molar-refractivity contribution is 5.88. The van der Waals surface area contributed by atoms with Gasteiger partial charge in [-0.3, -0.25) is 15.0 Å². The lowest BCUT2D eigenvalue weighted by molar-refractivity contribution is -0.135. The van der Waals surface area contributed by atoms with Crippen molar-refractivity contribution >= 4 is 22.8 Å². The van der Waals surface area contributed by atoms with E-state index in [9.17, 15) is 9.59 Å². The number of hydrogen-bond donors (Lipinski definition) is 1. The summed E-state index contributed by atoms with van der Waals surface area (Å²) in [6, 6.07) is 7.70. The van der Waals surface area contributed by atoms with Crippen LogP contribution in [0.5, 0.6) is 0 Å². The number of aromatic nitrogens is 2. The standard InChI is InChI=1S/C17H20N4O2/c22-16(19-21-11-18-14-3-1-2-4-15(14)21)12-7-9-20(10-8-12)17(23)13-5-6-13/h1-4,11-13H,5-10H2,(H,19,22). The Morgan fingerprint density at radius 3 is 2.52 bits per heavy atom. The minimum atomic E-state index is -0.0422. The number of nitrogens with zero attached hydrogens (tertiary/aromatic N) is 3. The van der Waals surface area contributed by atoms with Gasteiger partial charge in [-0.2, -0.15) is 0 Å². The van der Waals surface area contributed by atoms with E-state index in [4.69, 9.17) is 0 Å². The number of imidazole rings is 1. The maximum atomic E-state index is 12.5. The highest BCUT2D eigenvalue weighted by atomic mass is 16.2. The van der Waals surface area contributed by atoms with Crippen molar-refractivity contribution in [2.45, 2.75) is 25.7 Å². The molecule has 1 aliphatic carbocycles. The number of para-hydroxylation sites is 2. The van der Waals surface area contributed by atoms with Gasteiger partial charge in [-0.25, -0.2) is 9.66 Å². The third kappa shape index (κ3) is 2.81. The summed E-state index contributed by atoms with van der Waals surface area (Å²) < 4.78 is 1.68. The molecule has 2 fully saturated rings. The van der Waals surface area contributed by atoms with Crippen LogP contribution in [0, 0.1) is 11.8 Å². The predicted octanol–water partition coefficient (Wildman–Crippen LogP) is 1.75. The molecule has 2 aliphatic rings. The van der Waals surface area contributed by atoms with Crippen molar-refractivity contribution < 1.29 is 9.59 Å². The van der Waals surface area contributed by atoms with Crippen molar-refractivity contribution in [1.82, 2.24) is 14.6 Å². The number of likely N-dealkylation sites (tertiary alicyclic amines) is 1. The van der Waals surface area contributed by atoms with E-state index in [1.165, 1.54) is 0 Å². The minimum Gasteiger partial charge on any atom is -0.342 e. The Labute approximate surface area is 134 Å². The molecule has 1 N–H and O–H groups in total. The van der Waals surface area contributed by atoms with Crippen molar-refractivity contribution in [2.75, 3.05) is 18.5 Å². The first-order valence-corrected chi connectivity index (χ1v) is 8.24. The van der Waals surface area contributed by atoms with Crippen LogP contribution in [-0.2, 0) is 9.59 Å². The summed E-state index contributed by atoms with van der Waals surface area (Å²) >= 11 is 0. The number of amides is 2. The summed E-state index contributed by atoms with van der Waals surface area (Å²) in [5.74, 6) is 0.508. The minimum absolute atomic E-state index is 0.00618. The zero-order chi connectivity index (χ0) is 15.8.